The average molecular weight is 1300 g/mol. The van der Waals surface area contributed by atoms with Gasteiger partial charge in [0.15, 0.2) is 0 Å². The number of fused-ring (bicyclic) bond motifs is 22. The van der Waals surface area contributed by atoms with Gasteiger partial charge in [0, 0.05) is 110 Å². The summed E-state index contributed by atoms with van der Waals surface area (Å²) in [6.45, 7) is 5.82. The summed E-state index contributed by atoms with van der Waals surface area (Å²) in [4.78, 5) is 4.46. The van der Waals surface area contributed by atoms with Crippen molar-refractivity contribution in [2.24, 2.45) is 0 Å². The summed E-state index contributed by atoms with van der Waals surface area (Å²) >= 11 is 0. The first-order valence-corrected chi connectivity index (χ1v) is 34.0. The van der Waals surface area contributed by atoms with Gasteiger partial charge in [0.05, 0.1) is 77.1 Å². The van der Waals surface area contributed by atoms with Gasteiger partial charge in [-0.15, -0.1) is 0 Å². The lowest BCUT2D eigenvalue weighted by atomic mass is 9.33. The maximum atomic E-state index is 9.70. The number of aromatic nitrogens is 4. The molecule has 6 nitrogen and oxygen atoms in total. The molecule has 0 unspecified atom stereocenters. The molecule has 7 heteroatoms. The van der Waals surface area contributed by atoms with Crippen molar-refractivity contribution in [3.8, 4) is 33.6 Å². The van der Waals surface area contributed by atoms with Gasteiger partial charge < -0.3 is 27.7 Å². The minimum absolute atomic E-state index is 0.0342. The minimum Gasteiger partial charge on any atom is -0.311 e. The third-order valence-electron chi connectivity index (χ3n) is 21.8. The molecule has 21 aromatic rings. The highest BCUT2D eigenvalue weighted by Gasteiger charge is 2.45. The normalized spacial score (nSPS) is 15.5. The van der Waals surface area contributed by atoms with Crippen molar-refractivity contribution in [2.45, 2.75) is 26.2 Å². The Labute approximate surface area is 604 Å². The van der Waals surface area contributed by atoms with Crippen molar-refractivity contribution < 1.29 is 21.9 Å². The van der Waals surface area contributed by atoms with Crippen LogP contribution in [0, 0.1) is 0 Å². The molecule has 101 heavy (non-hydrogen) atoms. The Bertz CT molecular complexity index is 7370. The lowest BCUT2D eigenvalue weighted by Gasteiger charge is -2.45. The van der Waals surface area contributed by atoms with Gasteiger partial charge in [-0.25, -0.2) is 0 Å². The van der Waals surface area contributed by atoms with Crippen molar-refractivity contribution in [1.29, 1.82) is 0 Å². The van der Waals surface area contributed by atoms with Gasteiger partial charge in [0.1, 0.15) is 0 Å². The lowest BCUT2D eigenvalue weighted by Crippen LogP contribution is -2.61. The zero-order valence-electron chi connectivity index (χ0n) is 70.5. The number of nitrogens with zero attached hydrogens (tertiary/aromatic N) is 6. The Balaban J connectivity index is 0.807. The molecule has 6 aromatic heterocycles. The summed E-state index contributed by atoms with van der Waals surface area (Å²) in [5.74, 6) is 0. The van der Waals surface area contributed by atoms with Gasteiger partial charge in [0.2, 0.25) is 0 Å². The predicted octanol–water partition coefficient (Wildman–Crippen LogP) is 22.9. The molecule has 2 aliphatic rings. The van der Waals surface area contributed by atoms with Gasteiger partial charge in [0.25, 0.3) is 6.71 Å². The maximum absolute atomic E-state index is 9.70. The van der Waals surface area contributed by atoms with E-state index >= 15 is 0 Å². The van der Waals surface area contributed by atoms with Gasteiger partial charge in [-0.05, 0) is 183 Å². The molecule has 0 fully saturated rings. The van der Waals surface area contributed by atoms with Crippen molar-refractivity contribution in [3.63, 3.8) is 0 Å². The van der Waals surface area contributed by atoms with Gasteiger partial charge in [-0.3, -0.25) is 0 Å². The van der Waals surface area contributed by atoms with Crippen molar-refractivity contribution in [3.05, 3.63) is 321 Å². The second kappa shape index (κ2) is 19.9. The number of para-hydroxylation sites is 8. The van der Waals surface area contributed by atoms with Crippen LogP contribution in [0.3, 0.4) is 0 Å². The highest BCUT2D eigenvalue weighted by molar-refractivity contribution is 7.00. The number of anilines is 6. The highest BCUT2D eigenvalue weighted by atomic mass is 15.2. The van der Waals surface area contributed by atoms with E-state index in [1.54, 1.807) is 9.13 Å². The molecule has 0 atom stereocenters. The number of rotatable bonds is 6. The summed E-state index contributed by atoms with van der Waals surface area (Å²) < 4.78 is 157. The molecule has 470 valence electrons. The molecule has 0 saturated carbocycles. The fraction of sp³-hybridized carbons (Fsp3) is 0.0426. The third kappa shape index (κ3) is 7.46. The first-order chi connectivity index (χ1) is 56.4. The molecule has 0 radical (unpaired) electrons. The molecular weight excluding hydrogens is 1220 g/mol. The summed E-state index contributed by atoms with van der Waals surface area (Å²) in [6, 6.07) is 68.2. The van der Waals surface area contributed by atoms with Crippen LogP contribution < -0.4 is 26.2 Å². The van der Waals surface area contributed by atoms with Crippen LogP contribution >= 0.6 is 0 Å². The fourth-order valence-corrected chi connectivity index (χ4v) is 17.4. The Morgan fingerprint density at radius 3 is 0.931 bits per heavy atom. The second-order valence-corrected chi connectivity index (χ2v) is 28.0. The maximum Gasteiger partial charge on any atom is 0.252 e. The molecule has 23 rings (SSSR count). The van der Waals surface area contributed by atoms with E-state index in [0.717, 1.165) is 143 Å². The van der Waals surface area contributed by atoms with Crippen LogP contribution in [0.5, 0.6) is 0 Å². The third-order valence-corrected chi connectivity index (χ3v) is 21.8. The van der Waals surface area contributed by atoms with Gasteiger partial charge in [-0.1, -0.05) is 202 Å². The Morgan fingerprint density at radius 1 is 0.277 bits per heavy atom. The van der Waals surface area contributed by atoms with Gasteiger partial charge >= 0.3 is 0 Å². The summed E-state index contributed by atoms with van der Waals surface area (Å²) in [6.07, 6.45) is 0. The Morgan fingerprint density at radius 2 is 0.594 bits per heavy atom. The standard InChI is InChI=1S/C94H61BN6/c1-94(2,3)60-52-89-91-90(53-60)97(62-42-38-57(39-43-62)59-50-75-71-26-10-18-34-85(71)101-86-35-19-11-27-72(86)76(51-59)93(75)101)88-55-64(99-81-30-14-6-22-67(81)68-23-7-15-31-82(68)99)45-47-78(88)95(91)77-46-44-63(98-79-28-12-4-20-65(79)66-21-5-13-29-80(66)98)54-87(77)96(89)61-40-36-56(37-41-61)58-48-73-69-24-8-16-32-83(69)100-84-33-17-9-25-70(84)74(49-58)92(73)100/h4-55H,1-3H3/i4D,5D,6D,7D,12D,13D,14D,15D,20D,21D,22D,23D,28D,29D,30D,31D. The molecule has 0 N–H and O–H groups in total. The van der Waals surface area contributed by atoms with Crippen LogP contribution in [0.25, 0.3) is 153 Å². The minimum atomic E-state index is -0.669. The van der Waals surface area contributed by atoms with E-state index in [9.17, 15) is 11.0 Å². The van der Waals surface area contributed by atoms with Gasteiger partial charge in [-0.2, -0.15) is 0 Å². The number of hydrogen-bond acceptors (Lipinski definition) is 2. The Hall–Kier alpha value is -12.8. The molecule has 0 amide bonds. The van der Waals surface area contributed by atoms with E-state index < -0.39 is 109 Å². The van der Waals surface area contributed by atoms with Crippen LogP contribution in [-0.2, 0) is 5.41 Å². The molecule has 8 heterocycles. The smallest absolute Gasteiger partial charge is 0.252 e. The molecule has 0 saturated heterocycles. The summed E-state index contributed by atoms with van der Waals surface area (Å²) in [7, 11) is 0. The fourth-order valence-electron chi connectivity index (χ4n) is 17.4. The molecule has 2 aliphatic heterocycles. The van der Waals surface area contributed by atoms with E-state index in [1.807, 2.05) is 36.4 Å². The zero-order chi connectivity index (χ0) is 80.2. The van der Waals surface area contributed by atoms with E-state index in [2.05, 4.69) is 221 Å². The first-order valence-electron chi connectivity index (χ1n) is 42.0. The topological polar surface area (TPSA) is 25.2 Å². The number of benzene rings is 15. The summed E-state index contributed by atoms with van der Waals surface area (Å²) in [5.41, 5.74) is 18.3. The summed E-state index contributed by atoms with van der Waals surface area (Å²) in [5, 5.41) is 8.82. The van der Waals surface area contributed by atoms with E-state index in [0.29, 0.717) is 22.7 Å². The quantitative estimate of drug-likeness (QED) is 0.155. The molecule has 0 aliphatic carbocycles. The lowest BCUT2D eigenvalue weighted by molar-refractivity contribution is 0.590. The second-order valence-electron chi connectivity index (χ2n) is 28.0. The molecule has 15 aromatic carbocycles. The van der Waals surface area contributed by atoms with E-state index in [1.165, 1.54) is 0 Å². The van der Waals surface area contributed by atoms with Crippen molar-refractivity contribution in [2.75, 3.05) is 9.80 Å². The van der Waals surface area contributed by atoms with Crippen LogP contribution in [0.15, 0.2) is 315 Å². The monoisotopic (exact) mass is 1300 g/mol. The molecular formula is C94H61BN6. The number of hydrogen-bond donors (Lipinski definition) is 0. The average Bonchev–Trinajstić information content (AvgIpc) is 1.68. The largest absolute Gasteiger partial charge is 0.311 e. The zero-order valence-corrected chi connectivity index (χ0v) is 54.5. The first kappa shape index (κ1) is 42.1. The molecule has 0 bridgehead atoms. The highest BCUT2D eigenvalue weighted by Crippen LogP contribution is 2.50. The van der Waals surface area contributed by atoms with Crippen LogP contribution in [0.1, 0.15) is 48.3 Å². The van der Waals surface area contributed by atoms with E-state index in [-0.39, 0.29) is 43.6 Å². The van der Waals surface area contributed by atoms with Crippen LogP contribution in [0.4, 0.5) is 34.1 Å². The van der Waals surface area contributed by atoms with E-state index in [4.69, 9.17) is 11.0 Å². The predicted molar refractivity (Wildman–Crippen MR) is 428 cm³/mol. The molecule has 0 spiro atoms. The van der Waals surface area contributed by atoms with Crippen LogP contribution in [-0.4, -0.2) is 24.6 Å². The SMILES string of the molecule is [2H]c1c([2H])c([2H])c2c(c1[2H])c1c([2H])c([2H])c([2H])c([2H])c1n2-c1ccc2c(c1)N(c1ccc(-c3cc4c5ccccc5n5c6ccccc6c(c3)c45)cc1)c1cc(C(C)(C)C)cc3c1B2c1ccc(-n2c4c([2H])c([2H])c([2H])c([2H])c4c4c([2H])c([2H])c([2H])c([2H])c42)cc1N3c1ccc(-c2cc3c4ccccc4n4c5ccccc5c(c2)c34)cc1. The Kier molecular flexibility index (Phi) is 8.31. The van der Waals surface area contributed by atoms with Crippen molar-refractivity contribution >= 4 is 177 Å². The van der Waals surface area contributed by atoms with Crippen LogP contribution in [0.2, 0.25) is 0 Å². The van der Waals surface area contributed by atoms with Crippen molar-refractivity contribution in [1.82, 2.24) is 17.9 Å².